The lowest BCUT2D eigenvalue weighted by molar-refractivity contribution is -0.143. The van der Waals surface area contributed by atoms with Crippen molar-refractivity contribution >= 4 is 28.8 Å². The fourth-order valence-corrected chi connectivity index (χ4v) is 2.67. The second-order valence-electron chi connectivity index (χ2n) is 4.45. The minimum Gasteiger partial charge on any atom is -0.481 e. The number of aliphatic carboxylic acids is 1. The highest BCUT2D eigenvalue weighted by Crippen LogP contribution is 2.29. The largest absolute Gasteiger partial charge is 0.481 e. The second-order valence-corrected chi connectivity index (χ2v) is 5.40. The molecule has 1 unspecified atom stereocenters. The Morgan fingerprint density at radius 1 is 1.63 bits per heavy atom. The molecule has 0 aliphatic carbocycles. The second kappa shape index (κ2) is 5.44. The van der Waals surface area contributed by atoms with Crippen LogP contribution in [0.3, 0.4) is 0 Å². The minimum atomic E-state index is -0.920. The number of carboxylic acid groups (broad SMARTS) is 1. The summed E-state index contributed by atoms with van der Waals surface area (Å²) in [6.07, 6.45) is 0. The van der Waals surface area contributed by atoms with Gasteiger partial charge in [0.25, 0.3) is 5.91 Å². The predicted octanol–water partition coefficient (Wildman–Crippen LogP) is 2.02. The predicted molar refractivity (Wildman–Crippen MR) is 71.4 cm³/mol. The lowest BCUT2D eigenvalue weighted by atomic mass is 10.1. The summed E-state index contributed by atoms with van der Waals surface area (Å²) in [4.78, 5) is 25.5. The topological polar surface area (TPSA) is 66.8 Å². The summed E-state index contributed by atoms with van der Waals surface area (Å²) in [6.45, 7) is 3.59. The molecule has 2 rings (SSSR count). The van der Waals surface area contributed by atoms with Crippen LogP contribution in [0.25, 0.3) is 5.57 Å². The maximum absolute atomic E-state index is 12.4. The first-order chi connectivity index (χ1) is 9.00. The van der Waals surface area contributed by atoms with Crippen LogP contribution in [0.2, 0.25) is 0 Å². The van der Waals surface area contributed by atoms with E-state index in [1.54, 1.807) is 13.8 Å². The van der Waals surface area contributed by atoms with Gasteiger partial charge in [0, 0.05) is 11.4 Å². The number of hydrogen-bond acceptors (Lipinski definition) is 4. The zero-order valence-electron chi connectivity index (χ0n) is 10.8. The number of hydrogen-bond donors (Lipinski definition) is 1. The van der Waals surface area contributed by atoms with Crippen molar-refractivity contribution in [1.82, 2.24) is 4.90 Å². The van der Waals surface area contributed by atoms with Crippen molar-refractivity contribution in [3.8, 4) is 0 Å². The van der Waals surface area contributed by atoms with Crippen LogP contribution in [-0.4, -0.2) is 35.2 Å². The van der Waals surface area contributed by atoms with Gasteiger partial charge in [-0.25, -0.2) is 0 Å². The number of carbonyl (C=O) groups excluding carboxylic acids is 1. The van der Waals surface area contributed by atoms with Crippen LogP contribution >= 0.6 is 11.3 Å². The molecule has 0 bridgehead atoms. The molecule has 1 N–H and O–H groups in total. The summed E-state index contributed by atoms with van der Waals surface area (Å²) in [6, 6.07) is 3.72. The molecular weight excluding hydrogens is 266 g/mol. The van der Waals surface area contributed by atoms with Crippen molar-refractivity contribution in [2.75, 3.05) is 13.3 Å². The van der Waals surface area contributed by atoms with Gasteiger partial charge < -0.3 is 14.7 Å². The smallest absolute Gasteiger partial charge is 0.308 e. The first-order valence-corrected chi connectivity index (χ1v) is 6.78. The van der Waals surface area contributed by atoms with Gasteiger partial charge in [0.1, 0.15) is 5.76 Å². The van der Waals surface area contributed by atoms with Gasteiger partial charge in [0.2, 0.25) is 0 Å². The molecule has 5 nitrogen and oxygen atoms in total. The molecule has 102 valence electrons. The molecule has 1 aliphatic heterocycles. The normalized spacial score (nSPS) is 17.4. The first kappa shape index (κ1) is 13.6. The summed E-state index contributed by atoms with van der Waals surface area (Å²) < 4.78 is 5.48. The molecule has 0 spiro atoms. The summed E-state index contributed by atoms with van der Waals surface area (Å²) in [5, 5.41) is 10.8. The summed E-state index contributed by atoms with van der Waals surface area (Å²) >= 11 is 1.46. The number of amides is 1. The average Bonchev–Trinajstić information content (AvgIpc) is 2.86. The average molecular weight is 281 g/mol. The highest BCUT2D eigenvalue weighted by molar-refractivity contribution is 7.11. The molecule has 6 heteroatoms. The van der Waals surface area contributed by atoms with Crippen LogP contribution in [0.4, 0.5) is 0 Å². The van der Waals surface area contributed by atoms with Crippen LogP contribution in [0.1, 0.15) is 18.7 Å². The standard InChI is InChI=1S/C13H15NO4S/c1-8(13(16)17)6-14-7-18-9(2)11(12(14)15)10-4-3-5-19-10/h3-5,8H,6-7H2,1-2H3,(H,16,17). The van der Waals surface area contributed by atoms with E-state index >= 15 is 0 Å². The highest BCUT2D eigenvalue weighted by Gasteiger charge is 2.30. The van der Waals surface area contributed by atoms with E-state index in [0.29, 0.717) is 11.3 Å². The Morgan fingerprint density at radius 2 is 2.37 bits per heavy atom. The van der Waals surface area contributed by atoms with Crippen LogP contribution in [0.15, 0.2) is 23.3 Å². The van der Waals surface area contributed by atoms with Crippen LogP contribution in [0, 0.1) is 5.92 Å². The molecule has 1 aromatic heterocycles. The maximum atomic E-state index is 12.4. The van der Waals surface area contributed by atoms with Crippen molar-refractivity contribution in [1.29, 1.82) is 0 Å². The van der Waals surface area contributed by atoms with E-state index in [-0.39, 0.29) is 19.2 Å². The van der Waals surface area contributed by atoms with Crippen LogP contribution < -0.4 is 0 Å². The van der Waals surface area contributed by atoms with Crippen molar-refractivity contribution in [3.05, 3.63) is 28.1 Å². The number of carboxylic acids is 1. The molecule has 1 aliphatic rings. The fourth-order valence-electron chi connectivity index (χ4n) is 1.86. The molecule has 1 atom stereocenters. The molecule has 1 amide bonds. The van der Waals surface area contributed by atoms with Gasteiger partial charge in [0.15, 0.2) is 6.73 Å². The lowest BCUT2D eigenvalue weighted by Crippen LogP contribution is -2.41. The molecule has 0 aromatic carbocycles. The van der Waals surface area contributed by atoms with Crippen molar-refractivity contribution < 1.29 is 19.4 Å². The summed E-state index contributed by atoms with van der Waals surface area (Å²) in [7, 11) is 0. The third-order valence-corrected chi connectivity index (χ3v) is 3.86. The van der Waals surface area contributed by atoms with Gasteiger partial charge in [0.05, 0.1) is 11.5 Å². The summed E-state index contributed by atoms with van der Waals surface area (Å²) in [5.74, 6) is -1.11. The Labute approximate surface area is 115 Å². The molecule has 19 heavy (non-hydrogen) atoms. The quantitative estimate of drug-likeness (QED) is 0.917. The Kier molecular flexibility index (Phi) is 3.90. The molecule has 0 radical (unpaired) electrons. The van der Waals surface area contributed by atoms with Crippen LogP contribution in [0.5, 0.6) is 0 Å². The molecule has 1 aromatic rings. The number of rotatable bonds is 4. The number of nitrogens with zero attached hydrogens (tertiary/aromatic N) is 1. The minimum absolute atomic E-state index is 0.108. The Morgan fingerprint density at radius 3 is 2.95 bits per heavy atom. The molecule has 0 saturated heterocycles. The highest BCUT2D eigenvalue weighted by atomic mass is 32.1. The summed E-state index contributed by atoms with van der Waals surface area (Å²) in [5.41, 5.74) is 0.527. The van der Waals surface area contributed by atoms with Gasteiger partial charge >= 0.3 is 5.97 Å². The zero-order chi connectivity index (χ0) is 14.0. The molecular formula is C13H15NO4S. The molecule has 0 saturated carbocycles. The van der Waals surface area contributed by atoms with E-state index in [1.807, 2.05) is 17.5 Å². The number of carbonyl (C=O) groups is 2. The SMILES string of the molecule is CC1=C(c2cccs2)C(=O)N(CC(C)C(=O)O)CO1. The van der Waals surface area contributed by atoms with E-state index in [2.05, 4.69) is 0 Å². The first-order valence-electron chi connectivity index (χ1n) is 5.90. The lowest BCUT2D eigenvalue weighted by Gasteiger charge is -2.30. The molecule has 2 heterocycles. The molecule has 0 fully saturated rings. The third kappa shape index (κ3) is 2.78. The van der Waals surface area contributed by atoms with E-state index in [4.69, 9.17) is 9.84 Å². The Hall–Kier alpha value is -1.82. The van der Waals surface area contributed by atoms with Gasteiger partial charge in [-0.2, -0.15) is 0 Å². The van der Waals surface area contributed by atoms with Gasteiger partial charge in [-0.3, -0.25) is 9.59 Å². The van der Waals surface area contributed by atoms with E-state index < -0.39 is 11.9 Å². The van der Waals surface area contributed by atoms with E-state index in [1.165, 1.54) is 16.2 Å². The number of thiophene rings is 1. The maximum Gasteiger partial charge on any atom is 0.308 e. The van der Waals surface area contributed by atoms with E-state index in [9.17, 15) is 9.59 Å². The third-order valence-electron chi connectivity index (χ3n) is 2.97. The van der Waals surface area contributed by atoms with Crippen LogP contribution in [-0.2, 0) is 14.3 Å². The van der Waals surface area contributed by atoms with Crippen molar-refractivity contribution in [2.24, 2.45) is 5.92 Å². The van der Waals surface area contributed by atoms with E-state index in [0.717, 1.165) is 4.88 Å². The zero-order valence-corrected chi connectivity index (χ0v) is 11.6. The van der Waals surface area contributed by atoms with Crippen molar-refractivity contribution in [3.63, 3.8) is 0 Å². The van der Waals surface area contributed by atoms with Gasteiger partial charge in [-0.1, -0.05) is 13.0 Å². The Balaban J connectivity index is 2.21. The Bertz CT molecular complexity index is 521. The van der Waals surface area contributed by atoms with Crippen molar-refractivity contribution in [2.45, 2.75) is 13.8 Å². The number of allylic oxidation sites excluding steroid dienone is 1. The number of ether oxygens (including phenoxy) is 1. The monoisotopic (exact) mass is 281 g/mol. The van der Waals surface area contributed by atoms with Gasteiger partial charge in [-0.05, 0) is 18.4 Å². The van der Waals surface area contributed by atoms with Gasteiger partial charge in [-0.15, -0.1) is 11.3 Å². The fraction of sp³-hybridized carbons (Fsp3) is 0.385.